The van der Waals surface area contributed by atoms with Crippen molar-refractivity contribution in [3.63, 3.8) is 0 Å². The first-order valence-corrected chi connectivity index (χ1v) is 8.77. The van der Waals surface area contributed by atoms with E-state index in [0.717, 1.165) is 12.8 Å². The number of carbonyl (C=O) groups is 2. The summed E-state index contributed by atoms with van der Waals surface area (Å²) in [5, 5.41) is 6.60. The van der Waals surface area contributed by atoms with Crippen molar-refractivity contribution in [2.45, 2.75) is 19.8 Å². The molecule has 1 aliphatic heterocycles. The zero-order valence-corrected chi connectivity index (χ0v) is 14.8. The van der Waals surface area contributed by atoms with E-state index in [2.05, 4.69) is 15.5 Å². The van der Waals surface area contributed by atoms with Crippen molar-refractivity contribution < 1.29 is 14.1 Å². The van der Waals surface area contributed by atoms with Crippen LogP contribution in [0.2, 0.25) is 0 Å². The van der Waals surface area contributed by atoms with E-state index < -0.39 is 0 Å². The molecule has 138 valence electrons. The molecule has 3 rings (SSSR count). The minimum absolute atomic E-state index is 0.0474. The van der Waals surface area contributed by atoms with Crippen molar-refractivity contribution in [3.8, 4) is 11.5 Å². The molecule has 1 aromatic heterocycles. The van der Waals surface area contributed by atoms with Gasteiger partial charge >= 0.3 is 0 Å². The van der Waals surface area contributed by atoms with Crippen LogP contribution in [0, 0.1) is 12.8 Å². The van der Waals surface area contributed by atoms with Gasteiger partial charge in [0.2, 0.25) is 5.91 Å². The van der Waals surface area contributed by atoms with Crippen LogP contribution in [0.25, 0.3) is 11.5 Å². The van der Waals surface area contributed by atoms with Gasteiger partial charge in [-0.05, 0) is 31.9 Å². The average Bonchev–Trinajstić information content (AvgIpc) is 3.11. The van der Waals surface area contributed by atoms with E-state index in [1.54, 1.807) is 30.0 Å². The Morgan fingerprint density at radius 1 is 1.38 bits per heavy atom. The lowest BCUT2D eigenvalue weighted by molar-refractivity contribution is -0.126. The molecule has 0 spiro atoms. The second-order valence-corrected chi connectivity index (χ2v) is 6.36. The van der Waals surface area contributed by atoms with Gasteiger partial charge in [-0.25, -0.2) is 0 Å². The second-order valence-electron chi connectivity index (χ2n) is 6.36. The summed E-state index contributed by atoms with van der Waals surface area (Å²) in [5.74, 6) is 0.441. The fourth-order valence-electron chi connectivity index (χ4n) is 3.15. The maximum Gasteiger partial charge on any atom is 0.258 e. The zero-order chi connectivity index (χ0) is 18.5. The summed E-state index contributed by atoms with van der Waals surface area (Å²) < 4.78 is 5.22. The average molecular weight is 357 g/mol. The van der Waals surface area contributed by atoms with E-state index >= 15 is 0 Å². The Morgan fingerprint density at radius 2 is 2.19 bits per heavy atom. The van der Waals surface area contributed by atoms with Gasteiger partial charge < -0.3 is 20.5 Å². The summed E-state index contributed by atoms with van der Waals surface area (Å²) in [6.07, 6.45) is 1.55. The topological polar surface area (TPSA) is 114 Å². The molecule has 0 radical (unpaired) electrons. The lowest BCUT2D eigenvalue weighted by Gasteiger charge is -2.32. The number of amides is 2. The van der Waals surface area contributed by atoms with Gasteiger partial charge in [0.25, 0.3) is 11.8 Å². The SMILES string of the molecule is Cc1noc(-c2ccccc2C(=O)N2CCCC(C(=O)NCCN)C2)n1. The second kappa shape index (κ2) is 8.09. The Bertz CT molecular complexity index is 789. The van der Waals surface area contributed by atoms with Crippen molar-refractivity contribution in [2.24, 2.45) is 11.7 Å². The number of hydrogen-bond acceptors (Lipinski definition) is 6. The number of benzene rings is 1. The molecular formula is C18H23N5O3. The normalized spacial score (nSPS) is 17.2. The quantitative estimate of drug-likeness (QED) is 0.824. The number of aryl methyl sites for hydroxylation is 1. The molecule has 0 saturated carbocycles. The van der Waals surface area contributed by atoms with Gasteiger partial charge in [-0.1, -0.05) is 17.3 Å². The first-order chi connectivity index (χ1) is 12.6. The van der Waals surface area contributed by atoms with Gasteiger partial charge in [-0.15, -0.1) is 0 Å². The van der Waals surface area contributed by atoms with Crippen LogP contribution >= 0.6 is 0 Å². The molecule has 2 aromatic rings. The van der Waals surface area contributed by atoms with Crippen molar-refractivity contribution in [1.29, 1.82) is 0 Å². The predicted molar refractivity (Wildman–Crippen MR) is 95.2 cm³/mol. The molecule has 1 fully saturated rings. The maximum atomic E-state index is 13.1. The van der Waals surface area contributed by atoms with Crippen LogP contribution in [0.3, 0.4) is 0 Å². The zero-order valence-electron chi connectivity index (χ0n) is 14.8. The molecule has 1 unspecified atom stereocenters. The highest BCUT2D eigenvalue weighted by molar-refractivity contribution is 6.00. The van der Waals surface area contributed by atoms with Crippen LogP contribution < -0.4 is 11.1 Å². The number of nitrogens with two attached hydrogens (primary N) is 1. The van der Waals surface area contributed by atoms with Crippen molar-refractivity contribution in [3.05, 3.63) is 35.7 Å². The number of rotatable bonds is 5. The van der Waals surface area contributed by atoms with E-state index in [9.17, 15) is 9.59 Å². The molecule has 3 N–H and O–H groups in total. The Morgan fingerprint density at radius 3 is 2.92 bits per heavy atom. The van der Waals surface area contributed by atoms with Crippen LogP contribution in [0.4, 0.5) is 0 Å². The number of aromatic nitrogens is 2. The minimum atomic E-state index is -0.211. The fraction of sp³-hybridized carbons (Fsp3) is 0.444. The number of nitrogens with zero attached hydrogens (tertiary/aromatic N) is 3. The third-order valence-corrected chi connectivity index (χ3v) is 4.44. The van der Waals surface area contributed by atoms with Gasteiger partial charge in [-0.2, -0.15) is 4.98 Å². The number of likely N-dealkylation sites (tertiary alicyclic amines) is 1. The smallest absolute Gasteiger partial charge is 0.258 e. The van der Waals surface area contributed by atoms with Gasteiger partial charge in [0.05, 0.1) is 17.0 Å². The fourth-order valence-corrected chi connectivity index (χ4v) is 3.15. The highest BCUT2D eigenvalue weighted by Gasteiger charge is 2.30. The molecule has 0 bridgehead atoms. The Balaban J connectivity index is 1.78. The lowest BCUT2D eigenvalue weighted by atomic mass is 9.96. The first-order valence-electron chi connectivity index (χ1n) is 8.77. The van der Waals surface area contributed by atoms with Gasteiger partial charge in [-0.3, -0.25) is 9.59 Å². The molecule has 1 saturated heterocycles. The number of nitrogens with one attached hydrogen (secondary N) is 1. The van der Waals surface area contributed by atoms with Crippen molar-refractivity contribution in [1.82, 2.24) is 20.4 Å². The molecule has 0 aliphatic carbocycles. The molecule has 1 aliphatic rings. The molecule has 1 aromatic carbocycles. The number of carbonyl (C=O) groups excluding carboxylic acids is 2. The molecule has 2 heterocycles. The summed E-state index contributed by atoms with van der Waals surface area (Å²) >= 11 is 0. The van der Waals surface area contributed by atoms with Gasteiger partial charge in [0, 0.05) is 26.2 Å². The first kappa shape index (κ1) is 18.1. The minimum Gasteiger partial charge on any atom is -0.355 e. The van der Waals surface area contributed by atoms with Crippen LogP contribution in [-0.2, 0) is 4.79 Å². The highest BCUT2D eigenvalue weighted by atomic mass is 16.5. The van der Waals surface area contributed by atoms with Crippen LogP contribution in [0.1, 0.15) is 29.0 Å². The van der Waals surface area contributed by atoms with E-state index in [0.29, 0.717) is 49.0 Å². The van der Waals surface area contributed by atoms with E-state index in [4.69, 9.17) is 10.3 Å². The summed E-state index contributed by atoms with van der Waals surface area (Å²) in [6, 6.07) is 7.16. The van der Waals surface area contributed by atoms with Crippen molar-refractivity contribution >= 4 is 11.8 Å². The molecule has 2 amide bonds. The van der Waals surface area contributed by atoms with Crippen molar-refractivity contribution in [2.75, 3.05) is 26.2 Å². The molecule has 8 heteroatoms. The number of piperidine rings is 1. The molecule has 8 nitrogen and oxygen atoms in total. The Labute approximate surface area is 151 Å². The number of hydrogen-bond donors (Lipinski definition) is 2. The summed E-state index contributed by atoms with van der Waals surface area (Å²) in [7, 11) is 0. The molecular weight excluding hydrogens is 334 g/mol. The van der Waals surface area contributed by atoms with Gasteiger partial charge in [0.15, 0.2) is 5.82 Å². The maximum absolute atomic E-state index is 13.1. The largest absolute Gasteiger partial charge is 0.355 e. The third-order valence-electron chi connectivity index (χ3n) is 4.44. The van der Waals surface area contributed by atoms with Crippen LogP contribution in [-0.4, -0.2) is 53.0 Å². The van der Waals surface area contributed by atoms with E-state index in [1.165, 1.54) is 0 Å². The monoisotopic (exact) mass is 357 g/mol. The summed E-state index contributed by atoms with van der Waals surface area (Å²) in [5.41, 5.74) is 6.54. The van der Waals surface area contributed by atoms with Gasteiger partial charge in [0.1, 0.15) is 0 Å². The summed E-state index contributed by atoms with van der Waals surface area (Å²) in [4.78, 5) is 31.2. The molecule has 1 atom stereocenters. The lowest BCUT2D eigenvalue weighted by Crippen LogP contribution is -2.46. The van der Waals surface area contributed by atoms with Crippen LogP contribution in [0.15, 0.2) is 28.8 Å². The predicted octanol–water partition coefficient (Wildman–Crippen LogP) is 0.972. The third kappa shape index (κ3) is 3.91. The molecule has 26 heavy (non-hydrogen) atoms. The Hall–Kier alpha value is -2.74. The Kier molecular flexibility index (Phi) is 5.62. The van der Waals surface area contributed by atoms with E-state index in [1.807, 2.05) is 6.07 Å². The van der Waals surface area contributed by atoms with E-state index in [-0.39, 0.29) is 17.7 Å². The summed E-state index contributed by atoms with van der Waals surface area (Å²) in [6.45, 7) is 3.59. The highest BCUT2D eigenvalue weighted by Crippen LogP contribution is 2.25. The standard InChI is InChI=1S/C18H23N5O3/c1-12-21-17(26-22-12)14-6-2-3-7-15(14)18(25)23-10-4-5-13(11-23)16(24)20-9-8-19/h2-3,6-7,13H,4-5,8-11,19H2,1H3,(H,20,24). The van der Waals surface area contributed by atoms with Crippen LogP contribution in [0.5, 0.6) is 0 Å².